The molecule has 1 aliphatic rings. The van der Waals surface area contributed by atoms with Gasteiger partial charge in [-0.3, -0.25) is 5.10 Å². The maximum atomic E-state index is 5.97. The Bertz CT molecular complexity index is 762. The number of nitrogens with one attached hydrogen (secondary N) is 1. The Morgan fingerprint density at radius 2 is 2.05 bits per heavy atom. The molecule has 0 atom stereocenters. The second kappa shape index (κ2) is 4.06. The van der Waals surface area contributed by atoms with Gasteiger partial charge in [0.25, 0.3) is 0 Å². The van der Waals surface area contributed by atoms with Gasteiger partial charge in [0.2, 0.25) is 6.79 Å². The third-order valence-electron chi connectivity index (χ3n) is 3.22. The van der Waals surface area contributed by atoms with Crippen molar-refractivity contribution >= 4 is 5.82 Å². The zero-order chi connectivity index (χ0) is 13.5. The van der Waals surface area contributed by atoms with Crippen molar-refractivity contribution in [2.24, 2.45) is 0 Å². The summed E-state index contributed by atoms with van der Waals surface area (Å²) >= 11 is 0. The van der Waals surface area contributed by atoms with E-state index in [2.05, 4.69) is 10.2 Å². The van der Waals surface area contributed by atoms with Crippen molar-refractivity contribution in [3.05, 3.63) is 36.6 Å². The van der Waals surface area contributed by atoms with Crippen LogP contribution in [0.4, 0.5) is 5.82 Å². The molecular formula is C14H11N3O3. The van der Waals surface area contributed by atoms with Crippen molar-refractivity contribution in [1.29, 1.82) is 0 Å². The Kier molecular flexibility index (Phi) is 2.23. The minimum atomic E-state index is 0.241. The van der Waals surface area contributed by atoms with Crippen molar-refractivity contribution in [3.8, 4) is 34.1 Å². The molecule has 0 radical (unpaired) electrons. The summed E-state index contributed by atoms with van der Waals surface area (Å²) in [5, 5.41) is 6.97. The monoisotopic (exact) mass is 269 g/mol. The van der Waals surface area contributed by atoms with Crippen LogP contribution >= 0.6 is 0 Å². The standard InChI is InChI=1S/C14H11N3O3/c15-14-12(13(16-17-14)10-2-1-5-18-10)8-3-4-9-11(6-8)20-7-19-9/h1-6H,7H2,(H3,15,16,17). The lowest BCUT2D eigenvalue weighted by atomic mass is 10.0. The Morgan fingerprint density at radius 3 is 2.90 bits per heavy atom. The maximum Gasteiger partial charge on any atom is 0.231 e. The fraction of sp³-hybridized carbons (Fsp3) is 0.0714. The second-order valence-electron chi connectivity index (χ2n) is 4.40. The molecule has 1 aliphatic heterocycles. The van der Waals surface area contributed by atoms with Gasteiger partial charge in [0, 0.05) is 0 Å². The zero-order valence-corrected chi connectivity index (χ0v) is 10.4. The van der Waals surface area contributed by atoms with Crippen LogP contribution in [-0.2, 0) is 0 Å². The van der Waals surface area contributed by atoms with Gasteiger partial charge in [-0.05, 0) is 29.8 Å². The summed E-state index contributed by atoms with van der Waals surface area (Å²) in [5.74, 6) is 2.53. The molecule has 6 nitrogen and oxygen atoms in total. The lowest BCUT2D eigenvalue weighted by molar-refractivity contribution is 0.174. The van der Waals surface area contributed by atoms with E-state index in [1.165, 1.54) is 0 Å². The summed E-state index contributed by atoms with van der Waals surface area (Å²) in [6.07, 6.45) is 1.61. The molecule has 0 bridgehead atoms. The number of H-pyrrole nitrogens is 1. The zero-order valence-electron chi connectivity index (χ0n) is 10.4. The van der Waals surface area contributed by atoms with Crippen molar-refractivity contribution in [2.75, 3.05) is 12.5 Å². The highest BCUT2D eigenvalue weighted by atomic mass is 16.7. The van der Waals surface area contributed by atoms with Gasteiger partial charge >= 0.3 is 0 Å². The van der Waals surface area contributed by atoms with Crippen LogP contribution in [-0.4, -0.2) is 17.0 Å². The Hall–Kier alpha value is -2.89. The van der Waals surface area contributed by atoms with Gasteiger partial charge in [-0.25, -0.2) is 0 Å². The average molecular weight is 269 g/mol. The highest BCUT2D eigenvalue weighted by Gasteiger charge is 2.20. The van der Waals surface area contributed by atoms with E-state index in [1.54, 1.807) is 6.26 Å². The summed E-state index contributed by atoms with van der Waals surface area (Å²) in [6, 6.07) is 9.33. The highest BCUT2D eigenvalue weighted by molar-refractivity contribution is 5.87. The van der Waals surface area contributed by atoms with E-state index in [9.17, 15) is 0 Å². The number of fused-ring (bicyclic) bond motifs is 1. The minimum absolute atomic E-state index is 0.241. The van der Waals surface area contributed by atoms with Gasteiger partial charge in [-0.15, -0.1) is 0 Å². The molecule has 3 aromatic rings. The molecule has 2 aromatic heterocycles. The number of nitrogens with two attached hydrogens (primary N) is 1. The Morgan fingerprint density at radius 1 is 1.15 bits per heavy atom. The Balaban J connectivity index is 1.88. The van der Waals surface area contributed by atoms with Gasteiger partial charge in [0.15, 0.2) is 23.1 Å². The molecule has 0 aliphatic carbocycles. The molecule has 3 N–H and O–H groups in total. The van der Waals surface area contributed by atoms with Crippen LogP contribution < -0.4 is 15.2 Å². The van der Waals surface area contributed by atoms with E-state index in [0.717, 1.165) is 22.6 Å². The van der Waals surface area contributed by atoms with Crippen molar-refractivity contribution in [1.82, 2.24) is 10.2 Å². The predicted octanol–water partition coefficient (Wildman–Crippen LogP) is 2.65. The van der Waals surface area contributed by atoms with Gasteiger partial charge in [0.1, 0.15) is 5.69 Å². The van der Waals surface area contributed by atoms with E-state index in [-0.39, 0.29) is 6.79 Å². The smallest absolute Gasteiger partial charge is 0.231 e. The summed E-state index contributed by atoms with van der Waals surface area (Å²) in [4.78, 5) is 0. The van der Waals surface area contributed by atoms with Crippen LogP contribution in [0.1, 0.15) is 0 Å². The van der Waals surface area contributed by atoms with Crippen molar-refractivity contribution in [2.45, 2.75) is 0 Å². The van der Waals surface area contributed by atoms with Gasteiger partial charge in [0.05, 0.1) is 11.8 Å². The summed E-state index contributed by atoms with van der Waals surface area (Å²) in [7, 11) is 0. The molecule has 0 fully saturated rings. The number of ether oxygens (including phenoxy) is 2. The molecule has 0 saturated carbocycles. The Labute approximate surface area is 114 Å². The van der Waals surface area contributed by atoms with Crippen LogP contribution in [0.15, 0.2) is 41.0 Å². The lowest BCUT2D eigenvalue weighted by Gasteiger charge is -2.04. The number of furan rings is 1. The first kappa shape index (κ1) is 11.0. The first-order valence-corrected chi connectivity index (χ1v) is 6.10. The summed E-state index contributed by atoms with van der Waals surface area (Å²) in [6.45, 7) is 0.241. The number of nitrogens with zero attached hydrogens (tertiary/aromatic N) is 1. The number of nitrogen functional groups attached to an aromatic ring is 1. The first-order chi connectivity index (χ1) is 9.83. The molecule has 20 heavy (non-hydrogen) atoms. The molecule has 0 unspecified atom stereocenters. The van der Waals surface area contributed by atoms with Gasteiger partial charge in [-0.2, -0.15) is 5.10 Å². The fourth-order valence-corrected chi connectivity index (χ4v) is 2.30. The lowest BCUT2D eigenvalue weighted by Crippen LogP contribution is -1.93. The van der Waals surface area contributed by atoms with Crippen LogP contribution in [0.2, 0.25) is 0 Å². The molecule has 1 aromatic carbocycles. The van der Waals surface area contributed by atoms with Crippen LogP contribution in [0.25, 0.3) is 22.6 Å². The van der Waals surface area contributed by atoms with Gasteiger partial charge in [-0.1, -0.05) is 6.07 Å². The predicted molar refractivity (Wildman–Crippen MR) is 72.3 cm³/mol. The number of hydrogen-bond donors (Lipinski definition) is 2. The maximum absolute atomic E-state index is 5.97. The molecular weight excluding hydrogens is 258 g/mol. The van der Waals surface area contributed by atoms with E-state index in [1.807, 2.05) is 30.3 Å². The number of hydrogen-bond acceptors (Lipinski definition) is 5. The van der Waals surface area contributed by atoms with E-state index < -0.39 is 0 Å². The largest absolute Gasteiger partial charge is 0.463 e. The topological polar surface area (TPSA) is 86.3 Å². The molecule has 0 amide bonds. The molecule has 0 saturated heterocycles. The summed E-state index contributed by atoms with van der Waals surface area (Å²) in [5.41, 5.74) is 8.40. The fourth-order valence-electron chi connectivity index (χ4n) is 2.30. The van der Waals surface area contributed by atoms with Crippen LogP contribution in [0.5, 0.6) is 11.5 Å². The van der Waals surface area contributed by atoms with Crippen LogP contribution in [0.3, 0.4) is 0 Å². The third-order valence-corrected chi connectivity index (χ3v) is 3.22. The van der Waals surface area contributed by atoms with E-state index in [0.29, 0.717) is 17.3 Å². The number of aromatic amines is 1. The molecule has 0 spiro atoms. The summed E-state index contributed by atoms with van der Waals surface area (Å²) < 4.78 is 16.1. The quantitative estimate of drug-likeness (QED) is 0.746. The van der Waals surface area contributed by atoms with Crippen molar-refractivity contribution < 1.29 is 13.9 Å². The van der Waals surface area contributed by atoms with Crippen molar-refractivity contribution in [3.63, 3.8) is 0 Å². The SMILES string of the molecule is Nc1n[nH]c(-c2ccco2)c1-c1ccc2c(c1)OCO2. The number of rotatable bonds is 2. The number of aromatic nitrogens is 2. The first-order valence-electron chi connectivity index (χ1n) is 6.10. The van der Waals surface area contributed by atoms with E-state index >= 15 is 0 Å². The highest BCUT2D eigenvalue weighted by Crippen LogP contribution is 2.40. The number of anilines is 1. The van der Waals surface area contributed by atoms with Gasteiger partial charge < -0.3 is 19.6 Å². The minimum Gasteiger partial charge on any atom is -0.463 e. The molecule has 4 rings (SSSR count). The molecule has 100 valence electrons. The molecule has 3 heterocycles. The average Bonchev–Trinajstić information content (AvgIpc) is 3.17. The van der Waals surface area contributed by atoms with Crippen LogP contribution in [0, 0.1) is 0 Å². The second-order valence-corrected chi connectivity index (χ2v) is 4.40. The molecule has 6 heteroatoms. The van der Waals surface area contributed by atoms with E-state index in [4.69, 9.17) is 19.6 Å². The number of benzene rings is 1. The normalized spacial score (nSPS) is 12.8. The third kappa shape index (κ3) is 1.55.